The Morgan fingerprint density at radius 2 is 2.07 bits per heavy atom. The molecule has 2 heteroatoms. The van der Waals surface area contributed by atoms with Crippen molar-refractivity contribution in [3.63, 3.8) is 0 Å². The zero-order chi connectivity index (χ0) is 10.8. The number of nitriles is 1. The van der Waals surface area contributed by atoms with Gasteiger partial charge in [0.1, 0.15) is 0 Å². The summed E-state index contributed by atoms with van der Waals surface area (Å²) in [6.45, 7) is 10.2. The van der Waals surface area contributed by atoms with Gasteiger partial charge in [0.05, 0.1) is 6.07 Å². The van der Waals surface area contributed by atoms with Crippen molar-refractivity contribution >= 4 is 0 Å². The van der Waals surface area contributed by atoms with Gasteiger partial charge in [0.25, 0.3) is 0 Å². The van der Waals surface area contributed by atoms with Crippen LogP contribution >= 0.6 is 0 Å². The van der Waals surface area contributed by atoms with Crippen LogP contribution in [0.3, 0.4) is 0 Å². The zero-order valence-electron chi connectivity index (χ0n) is 9.88. The van der Waals surface area contributed by atoms with Gasteiger partial charge in [-0.05, 0) is 39.5 Å². The summed E-state index contributed by atoms with van der Waals surface area (Å²) < 4.78 is 0. The van der Waals surface area contributed by atoms with Crippen LogP contribution in [0.1, 0.15) is 47.0 Å². The molecule has 0 spiro atoms. The Morgan fingerprint density at radius 1 is 1.43 bits per heavy atom. The van der Waals surface area contributed by atoms with E-state index in [4.69, 9.17) is 5.26 Å². The van der Waals surface area contributed by atoms with Gasteiger partial charge in [-0.25, -0.2) is 0 Å². The predicted molar refractivity (Wildman–Crippen MR) is 58.9 cm³/mol. The third kappa shape index (κ3) is 2.48. The molecule has 0 aromatic rings. The minimum atomic E-state index is 0.272. The van der Waals surface area contributed by atoms with Crippen molar-refractivity contribution in [2.45, 2.75) is 58.5 Å². The van der Waals surface area contributed by atoms with E-state index in [1.807, 2.05) is 0 Å². The molecule has 1 saturated heterocycles. The molecule has 0 amide bonds. The van der Waals surface area contributed by atoms with E-state index in [-0.39, 0.29) is 5.54 Å². The minimum Gasteiger partial charge on any atom is -0.294 e. The Hall–Kier alpha value is -0.550. The van der Waals surface area contributed by atoms with Crippen molar-refractivity contribution in [3.05, 3.63) is 0 Å². The first kappa shape index (κ1) is 11.5. The monoisotopic (exact) mass is 194 g/mol. The van der Waals surface area contributed by atoms with Gasteiger partial charge in [0, 0.05) is 24.5 Å². The highest BCUT2D eigenvalue weighted by molar-refractivity contribution is 4.93. The summed E-state index contributed by atoms with van der Waals surface area (Å²) in [7, 11) is 0. The molecule has 1 aliphatic rings. The summed E-state index contributed by atoms with van der Waals surface area (Å²) >= 11 is 0. The highest BCUT2D eigenvalue weighted by Gasteiger charge is 2.36. The fourth-order valence-corrected chi connectivity index (χ4v) is 3.05. The Bertz CT molecular complexity index is 227. The quantitative estimate of drug-likeness (QED) is 0.676. The molecule has 0 bridgehead atoms. The summed E-state index contributed by atoms with van der Waals surface area (Å²) in [5, 5.41) is 8.63. The van der Waals surface area contributed by atoms with Crippen LogP contribution in [0.5, 0.6) is 0 Å². The fourth-order valence-electron chi connectivity index (χ4n) is 3.05. The Labute approximate surface area is 87.9 Å². The highest BCUT2D eigenvalue weighted by atomic mass is 15.2. The highest BCUT2D eigenvalue weighted by Crippen LogP contribution is 2.34. The Morgan fingerprint density at radius 3 is 2.57 bits per heavy atom. The second-order valence-electron chi connectivity index (χ2n) is 5.31. The zero-order valence-corrected chi connectivity index (χ0v) is 9.88. The van der Waals surface area contributed by atoms with Crippen LogP contribution in [0.4, 0.5) is 0 Å². The van der Waals surface area contributed by atoms with Crippen LogP contribution in [0.25, 0.3) is 0 Å². The molecule has 2 atom stereocenters. The number of likely N-dealkylation sites (tertiary alicyclic amines) is 1. The van der Waals surface area contributed by atoms with Gasteiger partial charge in [-0.1, -0.05) is 6.92 Å². The fraction of sp³-hybridized carbons (Fsp3) is 0.917. The molecule has 2 nitrogen and oxygen atoms in total. The van der Waals surface area contributed by atoms with Crippen molar-refractivity contribution in [3.8, 4) is 6.07 Å². The summed E-state index contributed by atoms with van der Waals surface area (Å²) in [4.78, 5) is 2.50. The van der Waals surface area contributed by atoms with E-state index < -0.39 is 0 Å². The second kappa shape index (κ2) is 4.31. The molecule has 0 saturated carbocycles. The van der Waals surface area contributed by atoms with Gasteiger partial charge < -0.3 is 0 Å². The van der Waals surface area contributed by atoms with Gasteiger partial charge in [0.15, 0.2) is 0 Å². The van der Waals surface area contributed by atoms with Gasteiger partial charge in [-0.15, -0.1) is 0 Å². The number of nitrogens with zero attached hydrogens (tertiary/aromatic N) is 2. The number of rotatable bonds is 2. The maximum Gasteiger partial charge on any atom is 0.0635 e. The summed E-state index contributed by atoms with van der Waals surface area (Å²) in [5.41, 5.74) is 0.272. The molecular formula is C12H22N2. The Kier molecular flexibility index (Phi) is 3.55. The first-order valence-corrected chi connectivity index (χ1v) is 5.61. The average molecular weight is 194 g/mol. The molecule has 1 aliphatic heterocycles. The van der Waals surface area contributed by atoms with Crippen LogP contribution < -0.4 is 0 Å². The first-order valence-electron chi connectivity index (χ1n) is 5.61. The van der Waals surface area contributed by atoms with Crippen LogP contribution in [0, 0.1) is 17.2 Å². The molecule has 2 unspecified atom stereocenters. The number of hydrogen-bond donors (Lipinski definition) is 0. The summed E-state index contributed by atoms with van der Waals surface area (Å²) in [6.07, 6.45) is 3.18. The molecule has 0 aromatic heterocycles. The molecule has 0 radical (unpaired) electrons. The van der Waals surface area contributed by atoms with E-state index in [1.54, 1.807) is 0 Å². The van der Waals surface area contributed by atoms with Gasteiger partial charge >= 0.3 is 0 Å². The van der Waals surface area contributed by atoms with E-state index in [0.717, 1.165) is 12.5 Å². The average Bonchev–Trinajstić information content (AvgIpc) is 2.00. The molecule has 0 N–H and O–H groups in total. The molecule has 1 fully saturated rings. The lowest BCUT2D eigenvalue weighted by Gasteiger charge is -2.49. The van der Waals surface area contributed by atoms with E-state index in [2.05, 4.69) is 38.7 Å². The van der Waals surface area contributed by atoms with Crippen molar-refractivity contribution in [1.29, 1.82) is 5.26 Å². The molecule has 1 rings (SSSR count). The smallest absolute Gasteiger partial charge is 0.0635 e. The Balaban J connectivity index is 2.65. The largest absolute Gasteiger partial charge is 0.294 e. The van der Waals surface area contributed by atoms with E-state index >= 15 is 0 Å². The van der Waals surface area contributed by atoms with E-state index in [1.165, 1.54) is 12.8 Å². The number of piperidine rings is 1. The first-order chi connectivity index (χ1) is 6.47. The van der Waals surface area contributed by atoms with Crippen LogP contribution in [0.2, 0.25) is 0 Å². The van der Waals surface area contributed by atoms with E-state index in [9.17, 15) is 0 Å². The maximum absolute atomic E-state index is 8.63. The minimum absolute atomic E-state index is 0.272. The number of hydrogen-bond acceptors (Lipinski definition) is 2. The summed E-state index contributed by atoms with van der Waals surface area (Å²) in [5.74, 6) is 0.818. The van der Waals surface area contributed by atoms with Crippen molar-refractivity contribution in [1.82, 2.24) is 4.90 Å². The summed E-state index contributed by atoms with van der Waals surface area (Å²) in [6, 6.07) is 2.87. The van der Waals surface area contributed by atoms with Crippen molar-refractivity contribution < 1.29 is 0 Å². The normalized spacial score (nSPS) is 32.5. The topological polar surface area (TPSA) is 27.0 Å². The maximum atomic E-state index is 8.63. The molecule has 0 aromatic carbocycles. The SMILES string of the molecule is CC1CC(C)N(CCC#N)C(C)(C)C1. The van der Waals surface area contributed by atoms with Gasteiger partial charge in [-0.2, -0.15) is 5.26 Å². The lowest BCUT2D eigenvalue weighted by molar-refractivity contribution is 0.0101. The molecular weight excluding hydrogens is 172 g/mol. The van der Waals surface area contributed by atoms with Gasteiger partial charge in [-0.3, -0.25) is 4.90 Å². The second-order valence-corrected chi connectivity index (χ2v) is 5.31. The molecule has 0 aliphatic carbocycles. The van der Waals surface area contributed by atoms with Gasteiger partial charge in [0.2, 0.25) is 0 Å². The molecule has 14 heavy (non-hydrogen) atoms. The van der Waals surface area contributed by atoms with Crippen molar-refractivity contribution in [2.24, 2.45) is 5.92 Å². The standard InChI is InChI=1S/C12H22N2/c1-10-8-11(2)14(7-5-6-13)12(3,4)9-10/h10-11H,5,7-9H2,1-4H3. The van der Waals surface area contributed by atoms with E-state index in [0.29, 0.717) is 12.5 Å². The molecule has 1 heterocycles. The third-order valence-electron chi connectivity index (χ3n) is 3.37. The third-order valence-corrected chi connectivity index (χ3v) is 3.37. The van der Waals surface area contributed by atoms with Crippen molar-refractivity contribution in [2.75, 3.05) is 6.54 Å². The lowest BCUT2D eigenvalue weighted by Crippen LogP contribution is -2.54. The molecule has 80 valence electrons. The van der Waals surface area contributed by atoms with Crippen LogP contribution in [0.15, 0.2) is 0 Å². The van der Waals surface area contributed by atoms with Crippen LogP contribution in [-0.4, -0.2) is 23.0 Å². The lowest BCUT2D eigenvalue weighted by atomic mass is 9.80. The van der Waals surface area contributed by atoms with Crippen LogP contribution in [-0.2, 0) is 0 Å². The predicted octanol–water partition coefficient (Wildman–Crippen LogP) is 2.80.